The molecule has 1 aliphatic rings. The van der Waals surface area contributed by atoms with E-state index in [-0.39, 0.29) is 5.91 Å². The van der Waals surface area contributed by atoms with Gasteiger partial charge in [-0.1, -0.05) is 6.07 Å². The first-order chi connectivity index (χ1) is 8.16. The van der Waals surface area contributed by atoms with Crippen LogP contribution in [0.1, 0.15) is 28.8 Å². The summed E-state index contributed by atoms with van der Waals surface area (Å²) in [5, 5.41) is 3.11. The van der Waals surface area contributed by atoms with Crippen LogP contribution in [0.5, 0.6) is 0 Å². The van der Waals surface area contributed by atoms with E-state index < -0.39 is 0 Å². The predicted octanol–water partition coefficient (Wildman–Crippen LogP) is 3.38. The number of thioether (sulfide) groups is 1. The maximum atomic E-state index is 12.1. The quantitative estimate of drug-likeness (QED) is 0.907. The highest BCUT2D eigenvalue weighted by molar-refractivity contribution is 9.10. The molecule has 0 aliphatic carbocycles. The summed E-state index contributed by atoms with van der Waals surface area (Å²) in [6.07, 6.45) is 2.17. The van der Waals surface area contributed by atoms with Crippen LogP contribution in [0.3, 0.4) is 0 Å². The molecule has 4 heteroatoms. The highest BCUT2D eigenvalue weighted by Gasteiger charge is 2.18. The molecule has 1 N–H and O–H groups in total. The van der Waals surface area contributed by atoms with E-state index in [4.69, 9.17) is 0 Å². The van der Waals surface area contributed by atoms with E-state index in [1.54, 1.807) is 0 Å². The molecule has 1 amide bonds. The lowest BCUT2D eigenvalue weighted by molar-refractivity contribution is 0.0934. The van der Waals surface area contributed by atoms with Crippen LogP contribution in [-0.4, -0.2) is 23.5 Å². The first-order valence-electron chi connectivity index (χ1n) is 5.81. The first kappa shape index (κ1) is 13.0. The molecule has 0 aromatic heterocycles. The van der Waals surface area contributed by atoms with Crippen molar-refractivity contribution in [3.05, 3.63) is 33.8 Å². The molecule has 0 saturated carbocycles. The third-order valence-corrected chi connectivity index (χ3v) is 4.63. The molecule has 0 unspecified atom stereocenters. The number of rotatable bonds is 2. The Hall–Kier alpha value is -0.480. The summed E-state index contributed by atoms with van der Waals surface area (Å²) in [4.78, 5) is 12.1. The van der Waals surface area contributed by atoms with Crippen LogP contribution in [0.15, 0.2) is 22.7 Å². The predicted molar refractivity (Wildman–Crippen MR) is 76.7 cm³/mol. The van der Waals surface area contributed by atoms with E-state index >= 15 is 0 Å². The van der Waals surface area contributed by atoms with Crippen LogP contribution in [-0.2, 0) is 0 Å². The largest absolute Gasteiger partial charge is 0.349 e. The van der Waals surface area contributed by atoms with Crippen molar-refractivity contribution in [1.82, 2.24) is 5.32 Å². The average molecular weight is 314 g/mol. The van der Waals surface area contributed by atoms with Gasteiger partial charge < -0.3 is 5.32 Å². The molecule has 2 rings (SSSR count). The number of halogens is 1. The van der Waals surface area contributed by atoms with Crippen molar-refractivity contribution in [3.63, 3.8) is 0 Å². The topological polar surface area (TPSA) is 29.1 Å². The van der Waals surface area contributed by atoms with E-state index in [9.17, 15) is 4.79 Å². The van der Waals surface area contributed by atoms with E-state index in [0.717, 1.165) is 39.9 Å². The Morgan fingerprint density at radius 1 is 1.41 bits per heavy atom. The van der Waals surface area contributed by atoms with Crippen molar-refractivity contribution < 1.29 is 4.79 Å². The minimum absolute atomic E-state index is 0.0359. The van der Waals surface area contributed by atoms with Gasteiger partial charge in [-0.05, 0) is 64.9 Å². The molecule has 0 spiro atoms. The lowest BCUT2D eigenvalue weighted by atomic mass is 10.1. The van der Waals surface area contributed by atoms with E-state index in [1.165, 1.54) is 0 Å². The molecule has 0 bridgehead atoms. The van der Waals surface area contributed by atoms with Crippen molar-refractivity contribution in [3.8, 4) is 0 Å². The Bertz CT molecular complexity index is 416. The second-order valence-corrected chi connectivity index (χ2v) is 6.42. The number of hydrogen-bond donors (Lipinski definition) is 1. The smallest absolute Gasteiger partial charge is 0.252 e. The van der Waals surface area contributed by atoms with Crippen LogP contribution in [0.4, 0.5) is 0 Å². The molecule has 1 fully saturated rings. The fourth-order valence-corrected chi connectivity index (χ4v) is 3.69. The zero-order valence-corrected chi connectivity index (χ0v) is 12.2. The molecule has 0 atom stereocenters. The lowest BCUT2D eigenvalue weighted by Crippen LogP contribution is -2.37. The number of carbonyl (C=O) groups excluding carboxylic acids is 1. The summed E-state index contributed by atoms with van der Waals surface area (Å²) >= 11 is 5.41. The van der Waals surface area contributed by atoms with Gasteiger partial charge in [-0.3, -0.25) is 4.79 Å². The van der Waals surface area contributed by atoms with Crippen molar-refractivity contribution in [2.45, 2.75) is 25.8 Å². The van der Waals surface area contributed by atoms with Crippen LogP contribution >= 0.6 is 27.7 Å². The SMILES string of the molecule is Cc1ccc(C(=O)NC2CCSCC2)c(Br)c1. The monoisotopic (exact) mass is 313 g/mol. The Morgan fingerprint density at radius 3 is 2.76 bits per heavy atom. The van der Waals surface area contributed by atoms with Gasteiger partial charge in [0.15, 0.2) is 0 Å². The maximum absolute atomic E-state index is 12.1. The number of carbonyl (C=O) groups is 1. The lowest BCUT2D eigenvalue weighted by Gasteiger charge is -2.22. The first-order valence-corrected chi connectivity index (χ1v) is 7.76. The van der Waals surface area contributed by atoms with Gasteiger partial charge in [-0.25, -0.2) is 0 Å². The van der Waals surface area contributed by atoms with Crippen LogP contribution in [0.25, 0.3) is 0 Å². The highest BCUT2D eigenvalue weighted by atomic mass is 79.9. The Balaban J connectivity index is 2.03. The molecule has 92 valence electrons. The van der Waals surface area contributed by atoms with Gasteiger partial charge in [0.2, 0.25) is 0 Å². The Labute approximate surface area is 115 Å². The van der Waals surface area contributed by atoms with Crippen molar-refractivity contribution in [2.75, 3.05) is 11.5 Å². The molecule has 1 aliphatic heterocycles. The fraction of sp³-hybridized carbons (Fsp3) is 0.462. The molecule has 2 nitrogen and oxygen atoms in total. The van der Waals surface area contributed by atoms with E-state index in [0.29, 0.717) is 6.04 Å². The Kier molecular flexibility index (Phi) is 4.51. The van der Waals surface area contributed by atoms with Crippen molar-refractivity contribution in [1.29, 1.82) is 0 Å². The van der Waals surface area contributed by atoms with Gasteiger partial charge in [-0.15, -0.1) is 0 Å². The minimum atomic E-state index is 0.0359. The normalized spacial score (nSPS) is 16.8. The highest BCUT2D eigenvalue weighted by Crippen LogP contribution is 2.20. The summed E-state index contributed by atoms with van der Waals surface area (Å²) in [7, 11) is 0. The number of nitrogens with one attached hydrogen (secondary N) is 1. The van der Waals surface area contributed by atoms with Crippen LogP contribution in [0, 0.1) is 6.92 Å². The number of amides is 1. The summed E-state index contributed by atoms with van der Waals surface area (Å²) in [6.45, 7) is 2.02. The molecule has 17 heavy (non-hydrogen) atoms. The van der Waals surface area contributed by atoms with Gasteiger partial charge in [0.05, 0.1) is 5.56 Å². The van der Waals surface area contributed by atoms with E-state index in [1.807, 2.05) is 36.9 Å². The second kappa shape index (κ2) is 5.91. The molecule has 1 heterocycles. The van der Waals surface area contributed by atoms with Crippen molar-refractivity contribution in [2.24, 2.45) is 0 Å². The molecule has 1 aromatic rings. The van der Waals surface area contributed by atoms with Gasteiger partial charge in [0.1, 0.15) is 0 Å². The maximum Gasteiger partial charge on any atom is 0.252 e. The van der Waals surface area contributed by atoms with Gasteiger partial charge in [0.25, 0.3) is 5.91 Å². The average Bonchev–Trinajstić information content (AvgIpc) is 2.30. The zero-order chi connectivity index (χ0) is 12.3. The zero-order valence-electron chi connectivity index (χ0n) is 9.83. The number of benzene rings is 1. The molecule has 1 saturated heterocycles. The third kappa shape index (κ3) is 3.49. The summed E-state index contributed by atoms with van der Waals surface area (Å²) in [6, 6.07) is 6.17. The third-order valence-electron chi connectivity index (χ3n) is 2.93. The molecular formula is C13H16BrNOS. The van der Waals surface area contributed by atoms with Crippen molar-refractivity contribution >= 4 is 33.6 Å². The summed E-state index contributed by atoms with van der Waals surface area (Å²) < 4.78 is 0.875. The minimum Gasteiger partial charge on any atom is -0.349 e. The van der Waals surface area contributed by atoms with Crippen LogP contribution in [0.2, 0.25) is 0 Å². The summed E-state index contributed by atoms with van der Waals surface area (Å²) in [5.74, 6) is 2.34. The fourth-order valence-electron chi connectivity index (χ4n) is 1.91. The van der Waals surface area contributed by atoms with Gasteiger partial charge in [-0.2, -0.15) is 11.8 Å². The van der Waals surface area contributed by atoms with Gasteiger partial charge >= 0.3 is 0 Å². The van der Waals surface area contributed by atoms with E-state index in [2.05, 4.69) is 21.2 Å². The standard InChI is InChI=1S/C13H16BrNOS/c1-9-2-3-11(12(14)8-9)13(16)15-10-4-6-17-7-5-10/h2-3,8,10H,4-7H2,1H3,(H,15,16). The Morgan fingerprint density at radius 2 is 2.12 bits per heavy atom. The molecule has 1 aromatic carbocycles. The summed E-state index contributed by atoms with van der Waals surface area (Å²) in [5.41, 5.74) is 1.89. The second-order valence-electron chi connectivity index (χ2n) is 4.34. The van der Waals surface area contributed by atoms with Gasteiger partial charge in [0, 0.05) is 10.5 Å². The molecule has 0 radical (unpaired) electrons. The molecular weight excluding hydrogens is 298 g/mol. The number of hydrogen-bond acceptors (Lipinski definition) is 2. The number of aryl methyl sites for hydroxylation is 1. The van der Waals surface area contributed by atoms with Crippen LogP contribution < -0.4 is 5.32 Å².